The second-order valence-electron chi connectivity index (χ2n) is 6.43. The predicted molar refractivity (Wildman–Crippen MR) is 97.1 cm³/mol. The molecule has 0 amide bonds. The highest BCUT2D eigenvalue weighted by Gasteiger charge is 2.37. The third kappa shape index (κ3) is 4.23. The molecular formula is C19H16Cl2F3NO2. The lowest BCUT2D eigenvalue weighted by Crippen LogP contribution is -2.39. The van der Waals surface area contributed by atoms with E-state index in [2.05, 4.69) is 0 Å². The maximum Gasteiger partial charge on any atom is 0.416 e. The fraction of sp³-hybridized carbons (Fsp3) is 0.316. The highest BCUT2D eigenvalue weighted by atomic mass is 35.5. The smallest absolute Gasteiger partial charge is 0.416 e. The van der Waals surface area contributed by atoms with Crippen LogP contribution in [0.4, 0.5) is 13.2 Å². The minimum Gasteiger partial charge on any atom is -0.480 e. The number of rotatable bonds is 4. The number of alkyl halides is 3. The average Bonchev–Trinajstić information content (AvgIpc) is 3.07. The zero-order valence-corrected chi connectivity index (χ0v) is 15.5. The first-order valence-corrected chi connectivity index (χ1v) is 9.04. The lowest BCUT2D eigenvalue weighted by Gasteiger charge is -2.32. The molecule has 1 heterocycles. The van der Waals surface area contributed by atoms with Crippen molar-refractivity contribution in [2.45, 2.75) is 31.1 Å². The Hall–Kier alpha value is -1.76. The van der Waals surface area contributed by atoms with Gasteiger partial charge in [-0.1, -0.05) is 41.4 Å². The van der Waals surface area contributed by atoms with Crippen LogP contribution in [0.1, 0.15) is 35.6 Å². The van der Waals surface area contributed by atoms with Gasteiger partial charge in [0.1, 0.15) is 6.04 Å². The van der Waals surface area contributed by atoms with Crippen LogP contribution in [0.3, 0.4) is 0 Å². The van der Waals surface area contributed by atoms with E-state index in [0.717, 1.165) is 12.1 Å². The molecule has 0 aromatic heterocycles. The molecular weight excluding hydrogens is 402 g/mol. The summed E-state index contributed by atoms with van der Waals surface area (Å²) in [4.78, 5) is 13.4. The summed E-state index contributed by atoms with van der Waals surface area (Å²) in [7, 11) is 0. The van der Waals surface area contributed by atoms with Crippen LogP contribution < -0.4 is 0 Å². The van der Waals surface area contributed by atoms with Crippen molar-refractivity contribution in [1.29, 1.82) is 0 Å². The molecule has 1 N–H and O–H groups in total. The molecule has 2 atom stereocenters. The number of likely N-dealkylation sites (tertiary alicyclic amines) is 1. The number of carboxylic acid groups (broad SMARTS) is 1. The standard InChI is InChI=1S/C19H16Cl2F3NO2/c20-14-8-5-12(10-15(14)21)17(25-9-1-2-16(25)18(26)27)11-3-6-13(7-4-11)19(22,23)24/h3-8,10,16-17H,1-2,9H2,(H,26,27). The van der Waals surface area contributed by atoms with Gasteiger partial charge in [-0.25, -0.2) is 0 Å². The van der Waals surface area contributed by atoms with E-state index in [0.29, 0.717) is 40.6 Å². The van der Waals surface area contributed by atoms with Gasteiger partial charge < -0.3 is 5.11 Å². The summed E-state index contributed by atoms with van der Waals surface area (Å²) in [6.07, 6.45) is -3.27. The van der Waals surface area contributed by atoms with Crippen molar-refractivity contribution in [1.82, 2.24) is 4.90 Å². The van der Waals surface area contributed by atoms with Gasteiger partial charge in [0.15, 0.2) is 0 Å². The van der Waals surface area contributed by atoms with Gasteiger partial charge in [0.05, 0.1) is 21.7 Å². The summed E-state index contributed by atoms with van der Waals surface area (Å²) >= 11 is 12.1. The van der Waals surface area contributed by atoms with Gasteiger partial charge in [-0.2, -0.15) is 13.2 Å². The second kappa shape index (κ2) is 7.70. The Bertz CT molecular complexity index is 840. The summed E-state index contributed by atoms with van der Waals surface area (Å²) in [6.45, 7) is 0.517. The molecule has 2 aromatic rings. The number of hydrogen-bond donors (Lipinski definition) is 1. The molecule has 2 aromatic carbocycles. The number of carboxylic acids is 1. The molecule has 8 heteroatoms. The Morgan fingerprint density at radius 1 is 1.07 bits per heavy atom. The molecule has 0 aliphatic carbocycles. The first-order valence-electron chi connectivity index (χ1n) is 8.29. The minimum atomic E-state index is -4.44. The molecule has 1 saturated heterocycles. The summed E-state index contributed by atoms with van der Waals surface area (Å²) < 4.78 is 38.7. The lowest BCUT2D eigenvalue weighted by molar-refractivity contribution is -0.142. The molecule has 2 unspecified atom stereocenters. The van der Waals surface area contributed by atoms with Crippen LogP contribution in [0.5, 0.6) is 0 Å². The molecule has 1 aliphatic rings. The van der Waals surface area contributed by atoms with Gasteiger partial charge in [0.25, 0.3) is 0 Å². The van der Waals surface area contributed by atoms with Crippen LogP contribution in [-0.4, -0.2) is 28.6 Å². The second-order valence-corrected chi connectivity index (χ2v) is 7.24. The number of benzene rings is 2. The van der Waals surface area contributed by atoms with E-state index in [1.54, 1.807) is 23.1 Å². The topological polar surface area (TPSA) is 40.5 Å². The first-order chi connectivity index (χ1) is 12.7. The molecule has 3 rings (SSSR count). The number of aliphatic carboxylic acids is 1. The van der Waals surface area contributed by atoms with Crippen LogP contribution in [0, 0.1) is 0 Å². The van der Waals surface area contributed by atoms with Crippen molar-refractivity contribution < 1.29 is 23.1 Å². The summed E-state index contributed by atoms with van der Waals surface area (Å²) in [6, 6.07) is 8.47. The number of halogens is 5. The van der Waals surface area contributed by atoms with Crippen LogP contribution >= 0.6 is 23.2 Å². The van der Waals surface area contributed by atoms with Gasteiger partial charge in [0, 0.05) is 6.54 Å². The Balaban J connectivity index is 2.07. The highest BCUT2D eigenvalue weighted by molar-refractivity contribution is 6.42. The van der Waals surface area contributed by atoms with E-state index in [1.165, 1.54) is 12.1 Å². The van der Waals surface area contributed by atoms with E-state index in [9.17, 15) is 23.1 Å². The maximum atomic E-state index is 12.9. The Kier molecular flexibility index (Phi) is 5.70. The van der Waals surface area contributed by atoms with Gasteiger partial charge in [0.2, 0.25) is 0 Å². The van der Waals surface area contributed by atoms with E-state index in [1.807, 2.05) is 0 Å². The zero-order valence-electron chi connectivity index (χ0n) is 14.0. The van der Waals surface area contributed by atoms with Crippen molar-refractivity contribution in [2.24, 2.45) is 0 Å². The lowest BCUT2D eigenvalue weighted by atomic mass is 9.95. The third-order valence-corrected chi connectivity index (χ3v) is 5.46. The first kappa shape index (κ1) is 20.0. The molecule has 1 aliphatic heterocycles. The molecule has 0 radical (unpaired) electrons. The normalized spacial score (nSPS) is 19.2. The maximum absolute atomic E-state index is 12.9. The molecule has 1 fully saturated rings. The quantitative estimate of drug-likeness (QED) is 0.698. The van der Waals surface area contributed by atoms with E-state index in [-0.39, 0.29) is 0 Å². The third-order valence-electron chi connectivity index (χ3n) is 4.72. The van der Waals surface area contributed by atoms with Crippen molar-refractivity contribution in [3.05, 3.63) is 69.2 Å². The van der Waals surface area contributed by atoms with Gasteiger partial charge >= 0.3 is 12.1 Å². The monoisotopic (exact) mass is 417 g/mol. The molecule has 3 nitrogen and oxygen atoms in total. The van der Waals surface area contributed by atoms with Crippen molar-refractivity contribution in [2.75, 3.05) is 6.54 Å². The van der Waals surface area contributed by atoms with Crippen LogP contribution in [-0.2, 0) is 11.0 Å². The number of nitrogens with zero attached hydrogens (tertiary/aromatic N) is 1. The van der Waals surface area contributed by atoms with Gasteiger partial charge in [-0.3, -0.25) is 9.69 Å². The molecule has 0 spiro atoms. The zero-order chi connectivity index (χ0) is 19.8. The van der Waals surface area contributed by atoms with Crippen LogP contribution in [0.25, 0.3) is 0 Å². The van der Waals surface area contributed by atoms with E-state index in [4.69, 9.17) is 23.2 Å². The predicted octanol–water partition coefficient (Wildman–Crippen LogP) is 5.65. The fourth-order valence-electron chi connectivity index (χ4n) is 3.48. The fourth-order valence-corrected chi connectivity index (χ4v) is 3.78. The van der Waals surface area contributed by atoms with Crippen LogP contribution in [0.2, 0.25) is 10.0 Å². The van der Waals surface area contributed by atoms with E-state index < -0.39 is 29.8 Å². The van der Waals surface area contributed by atoms with E-state index >= 15 is 0 Å². The molecule has 27 heavy (non-hydrogen) atoms. The number of hydrogen-bond acceptors (Lipinski definition) is 2. The molecule has 0 saturated carbocycles. The largest absolute Gasteiger partial charge is 0.480 e. The van der Waals surface area contributed by atoms with Crippen molar-refractivity contribution in [3.8, 4) is 0 Å². The summed E-state index contributed by atoms with van der Waals surface area (Å²) in [5.74, 6) is -0.954. The van der Waals surface area contributed by atoms with Gasteiger partial charge in [-0.05, 0) is 48.2 Å². The molecule has 144 valence electrons. The Morgan fingerprint density at radius 2 is 1.70 bits per heavy atom. The average molecular weight is 418 g/mol. The Morgan fingerprint density at radius 3 is 2.26 bits per heavy atom. The summed E-state index contributed by atoms with van der Waals surface area (Å²) in [5, 5.41) is 10.2. The van der Waals surface area contributed by atoms with Crippen molar-refractivity contribution >= 4 is 29.2 Å². The number of carbonyl (C=O) groups is 1. The summed E-state index contributed by atoms with van der Waals surface area (Å²) in [5.41, 5.74) is 0.488. The highest BCUT2D eigenvalue weighted by Crippen LogP contribution is 2.38. The SMILES string of the molecule is O=C(O)C1CCCN1C(c1ccc(C(F)(F)F)cc1)c1ccc(Cl)c(Cl)c1. The minimum absolute atomic E-state index is 0.303. The van der Waals surface area contributed by atoms with Gasteiger partial charge in [-0.15, -0.1) is 0 Å². The van der Waals surface area contributed by atoms with Crippen LogP contribution in [0.15, 0.2) is 42.5 Å². The molecule has 0 bridgehead atoms. The Labute approximate surface area is 164 Å². The van der Waals surface area contributed by atoms with Crippen molar-refractivity contribution in [3.63, 3.8) is 0 Å².